The molecule has 0 unspecified atom stereocenters. The van der Waals surface area contributed by atoms with E-state index in [4.69, 9.17) is 4.74 Å². The van der Waals surface area contributed by atoms with Crippen LogP contribution in [-0.4, -0.2) is 51.1 Å². The van der Waals surface area contributed by atoms with Gasteiger partial charge in [-0.25, -0.2) is 4.98 Å². The highest BCUT2D eigenvalue weighted by atomic mass is 32.2. The van der Waals surface area contributed by atoms with E-state index in [0.717, 1.165) is 15.9 Å². The van der Waals surface area contributed by atoms with Crippen molar-refractivity contribution in [3.63, 3.8) is 0 Å². The molecule has 8 heteroatoms. The highest BCUT2D eigenvalue weighted by Crippen LogP contribution is 2.30. The molecule has 0 bridgehead atoms. The van der Waals surface area contributed by atoms with Gasteiger partial charge in [0.15, 0.2) is 5.16 Å². The van der Waals surface area contributed by atoms with E-state index in [0.29, 0.717) is 22.8 Å². The summed E-state index contributed by atoms with van der Waals surface area (Å²) in [5, 5.41) is -0.148. The van der Waals surface area contributed by atoms with E-state index in [2.05, 4.69) is 4.98 Å². The SMILES string of the molecule is CCn1c(S[C@H](CN2C(=O)c3ccccc3C2=O)C(=O)OC)nc2ccccc21. The summed E-state index contributed by atoms with van der Waals surface area (Å²) in [6.07, 6.45) is 0. The van der Waals surface area contributed by atoms with Gasteiger partial charge in [-0.2, -0.15) is 0 Å². The molecule has 3 aromatic rings. The fourth-order valence-corrected chi connectivity index (χ4v) is 4.61. The Balaban J connectivity index is 1.64. The summed E-state index contributed by atoms with van der Waals surface area (Å²) in [7, 11) is 1.29. The number of nitrogens with zero attached hydrogens (tertiary/aromatic N) is 3. The second-order valence-corrected chi connectivity index (χ2v) is 7.69. The molecule has 1 aliphatic heterocycles. The molecule has 4 rings (SSSR count). The lowest BCUT2D eigenvalue weighted by molar-refractivity contribution is -0.140. The number of amides is 2. The van der Waals surface area contributed by atoms with Gasteiger partial charge in [-0.05, 0) is 31.2 Å². The Kier molecular flexibility index (Phi) is 5.10. The number of aryl methyl sites for hydroxylation is 1. The lowest BCUT2D eigenvalue weighted by Crippen LogP contribution is -2.39. The number of rotatable bonds is 6. The smallest absolute Gasteiger partial charge is 0.321 e. The third-order valence-corrected chi connectivity index (χ3v) is 6.02. The minimum Gasteiger partial charge on any atom is -0.468 e. The third-order valence-electron chi connectivity index (χ3n) is 4.87. The van der Waals surface area contributed by atoms with Crippen LogP contribution in [0.2, 0.25) is 0 Å². The number of hydrogen-bond donors (Lipinski definition) is 0. The summed E-state index contributed by atoms with van der Waals surface area (Å²) in [4.78, 5) is 43.6. The average molecular weight is 409 g/mol. The first kappa shape index (κ1) is 19.2. The second kappa shape index (κ2) is 7.71. The molecule has 7 nitrogen and oxygen atoms in total. The number of hydrogen-bond acceptors (Lipinski definition) is 6. The maximum atomic E-state index is 12.7. The Labute approximate surface area is 171 Å². The van der Waals surface area contributed by atoms with E-state index in [1.165, 1.54) is 18.9 Å². The van der Waals surface area contributed by atoms with E-state index < -0.39 is 23.0 Å². The van der Waals surface area contributed by atoms with Gasteiger partial charge in [-0.3, -0.25) is 19.3 Å². The second-order valence-electron chi connectivity index (χ2n) is 6.52. The quantitative estimate of drug-likeness (QED) is 0.354. The summed E-state index contributed by atoms with van der Waals surface area (Å²) < 4.78 is 6.94. The molecule has 0 N–H and O–H groups in total. The van der Waals surface area contributed by atoms with Gasteiger partial charge in [0.1, 0.15) is 5.25 Å². The van der Waals surface area contributed by atoms with Crippen LogP contribution in [0, 0.1) is 0 Å². The minimum atomic E-state index is -0.788. The molecule has 1 atom stereocenters. The molecule has 0 saturated carbocycles. The molecular weight excluding hydrogens is 390 g/mol. The number of aromatic nitrogens is 2. The number of thioether (sulfide) groups is 1. The van der Waals surface area contributed by atoms with Gasteiger partial charge in [0.2, 0.25) is 0 Å². The van der Waals surface area contributed by atoms with Crippen molar-refractivity contribution < 1.29 is 19.1 Å². The highest BCUT2D eigenvalue weighted by Gasteiger charge is 2.38. The number of para-hydroxylation sites is 2. The number of imidazole rings is 1. The molecule has 0 spiro atoms. The van der Waals surface area contributed by atoms with Crippen LogP contribution in [0.3, 0.4) is 0 Å². The van der Waals surface area contributed by atoms with Crippen LogP contribution in [0.4, 0.5) is 0 Å². The Bertz CT molecular complexity index is 1090. The molecular formula is C21H19N3O4S. The highest BCUT2D eigenvalue weighted by molar-refractivity contribution is 8.00. The predicted molar refractivity (Wildman–Crippen MR) is 109 cm³/mol. The molecule has 29 heavy (non-hydrogen) atoms. The van der Waals surface area contributed by atoms with Crippen LogP contribution < -0.4 is 0 Å². The van der Waals surface area contributed by atoms with Crippen LogP contribution in [-0.2, 0) is 16.1 Å². The molecule has 0 fully saturated rings. The molecule has 0 saturated heterocycles. The van der Waals surface area contributed by atoms with E-state index in [-0.39, 0.29) is 6.54 Å². The lowest BCUT2D eigenvalue weighted by Gasteiger charge is -2.20. The van der Waals surface area contributed by atoms with Gasteiger partial charge in [0.25, 0.3) is 11.8 Å². The van der Waals surface area contributed by atoms with Crippen molar-refractivity contribution in [2.75, 3.05) is 13.7 Å². The third kappa shape index (κ3) is 3.29. The molecule has 148 valence electrons. The van der Waals surface area contributed by atoms with Crippen LogP contribution in [0.25, 0.3) is 11.0 Å². The Hall–Kier alpha value is -3.13. The fraction of sp³-hybridized carbons (Fsp3) is 0.238. The number of imide groups is 1. The molecule has 1 aliphatic rings. The summed E-state index contributed by atoms with van der Waals surface area (Å²) in [6, 6.07) is 14.4. The largest absolute Gasteiger partial charge is 0.468 e. The number of carbonyl (C=O) groups is 3. The number of esters is 1. The summed E-state index contributed by atoms with van der Waals surface area (Å²) in [5.74, 6) is -1.31. The van der Waals surface area contributed by atoms with Crippen LogP contribution in [0.15, 0.2) is 53.7 Å². The Morgan fingerprint density at radius 2 is 1.69 bits per heavy atom. The maximum absolute atomic E-state index is 12.7. The monoisotopic (exact) mass is 409 g/mol. The van der Waals surface area contributed by atoms with Crippen molar-refractivity contribution in [2.24, 2.45) is 0 Å². The van der Waals surface area contributed by atoms with Crippen molar-refractivity contribution >= 4 is 40.6 Å². The zero-order valence-electron chi connectivity index (χ0n) is 16.0. The normalized spacial score (nSPS) is 14.3. The Morgan fingerprint density at radius 1 is 1.07 bits per heavy atom. The van der Waals surface area contributed by atoms with E-state index in [9.17, 15) is 14.4 Å². The van der Waals surface area contributed by atoms with E-state index >= 15 is 0 Å². The first-order valence-corrected chi connectivity index (χ1v) is 10.1. The van der Waals surface area contributed by atoms with Gasteiger partial charge in [0, 0.05) is 6.54 Å². The predicted octanol–water partition coefficient (Wildman–Crippen LogP) is 2.99. The first-order chi connectivity index (χ1) is 14.0. The Morgan fingerprint density at radius 3 is 2.31 bits per heavy atom. The standard InChI is InChI=1S/C21H19N3O4S/c1-3-23-16-11-7-6-10-15(16)22-21(23)29-17(20(27)28-2)12-24-18(25)13-8-4-5-9-14(13)19(24)26/h4-11,17H,3,12H2,1-2H3/t17-/m1/s1. The summed E-state index contributed by atoms with van der Waals surface area (Å²) in [6.45, 7) is 2.58. The van der Waals surface area contributed by atoms with Gasteiger partial charge in [-0.1, -0.05) is 36.0 Å². The number of methoxy groups -OCH3 is 1. The topological polar surface area (TPSA) is 81.5 Å². The van der Waals surface area contributed by atoms with E-state index in [1.54, 1.807) is 24.3 Å². The van der Waals surface area contributed by atoms with Crippen molar-refractivity contribution in [3.05, 3.63) is 59.7 Å². The van der Waals surface area contributed by atoms with Crippen molar-refractivity contribution in [2.45, 2.75) is 23.9 Å². The fourth-order valence-electron chi connectivity index (χ4n) is 3.44. The van der Waals surface area contributed by atoms with Crippen molar-refractivity contribution in [1.82, 2.24) is 14.5 Å². The first-order valence-electron chi connectivity index (χ1n) is 9.20. The zero-order valence-corrected chi connectivity index (χ0v) is 16.8. The van der Waals surface area contributed by atoms with Crippen LogP contribution in [0.5, 0.6) is 0 Å². The summed E-state index contributed by atoms with van der Waals surface area (Å²) in [5.41, 5.74) is 2.49. The van der Waals surface area contributed by atoms with Crippen LogP contribution >= 0.6 is 11.8 Å². The minimum absolute atomic E-state index is 0.0867. The van der Waals surface area contributed by atoms with Crippen molar-refractivity contribution in [1.29, 1.82) is 0 Å². The van der Waals surface area contributed by atoms with Gasteiger partial charge in [0.05, 0.1) is 35.8 Å². The lowest BCUT2D eigenvalue weighted by atomic mass is 10.1. The molecule has 2 aromatic carbocycles. The number of fused-ring (bicyclic) bond motifs is 2. The van der Waals surface area contributed by atoms with Gasteiger partial charge < -0.3 is 9.30 Å². The number of ether oxygens (including phenoxy) is 1. The van der Waals surface area contributed by atoms with Crippen LogP contribution in [0.1, 0.15) is 27.6 Å². The van der Waals surface area contributed by atoms with Crippen molar-refractivity contribution in [3.8, 4) is 0 Å². The molecule has 2 heterocycles. The summed E-state index contributed by atoms with van der Waals surface area (Å²) >= 11 is 1.20. The molecule has 0 aliphatic carbocycles. The number of carbonyl (C=O) groups excluding carboxylic acids is 3. The maximum Gasteiger partial charge on any atom is 0.321 e. The van der Waals surface area contributed by atoms with Gasteiger partial charge >= 0.3 is 5.97 Å². The zero-order chi connectivity index (χ0) is 20.5. The molecule has 2 amide bonds. The average Bonchev–Trinajstić information content (AvgIpc) is 3.22. The molecule has 1 aromatic heterocycles. The number of benzene rings is 2. The molecule has 0 radical (unpaired) electrons. The van der Waals surface area contributed by atoms with E-state index in [1.807, 2.05) is 35.8 Å². The van der Waals surface area contributed by atoms with Gasteiger partial charge in [-0.15, -0.1) is 0 Å².